The Labute approximate surface area is 197 Å². The predicted octanol–water partition coefficient (Wildman–Crippen LogP) is 4.36. The van der Waals surface area contributed by atoms with E-state index in [-0.39, 0.29) is 17.9 Å². The van der Waals surface area contributed by atoms with Crippen LogP contribution in [0.2, 0.25) is 0 Å². The molecule has 7 heteroatoms. The minimum Gasteiger partial charge on any atom is -0.493 e. The van der Waals surface area contributed by atoms with Crippen molar-refractivity contribution >= 4 is 11.9 Å². The zero-order valence-electron chi connectivity index (χ0n) is 20.2. The average molecular weight is 456 g/mol. The third-order valence-electron chi connectivity index (χ3n) is 5.13. The van der Waals surface area contributed by atoms with Gasteiger partial charge in [0, 0.05) is 32.1 Å². The van der Waals surface area contributed by atoms with E-state index in [1.807, 2.05) is 62.4 Å². The van der Waals surface area contributed by atoms with E-state index < -0.39 is 0 Å². The number of urea groups is 1. The maximum absolute atomic E-state index is 12.8. The Morgan fingerprint density at radius 2 is 1.70 bits per heavy atom. The van der Waals surface area contributed by atoms with Gasteiger partial charge in [-0.15, -0.1) is 0 Å². The number of nitrogens with zero attached hydrogens (tertiary/aromatic N) is 1. The van der Waals surface area contributed by atoms with Crippen LogP contribution in [0.5, 0.6) is 11.5 Å². The zero-order chi connectivity index (χ0) is 24.1. The number of rotatable bonds is 13. The number of ether oxygens (including phenoxy) is 2. The predicted molar refractivity (Wildman–Crippen MR) is 130 cm³/mol. The zero-order valence-corrected chi connectivity index (χ0v) is 20.2. The fraction of sp³-hybridized carbons (Fsp3) is 0.462. The van der Waals surface area contributed by atoms with Crippen molar-refractivity contribution in [3.05, 3.63) is 59.7 Å². The molecule has 2 N–H and O–H groups in total. The molecule has 0 aliphatic heterocycles. The number of carbonyl (C=O) groups is 2. The van der Waals surface area contributed by atoms with Gasteiger partial charge in [0.25, 0.3) is 0 Å². The van der Waals surface area contributed by atoms with E-state index in [1.165, 1.54) is 0 Å². The van der Waals surface area contributed by atoms with Crippen LogP contribution in [0.15, 0.2) is 48.5 Å². The van der Waals surface area contributed by atoms with E-state index in [1.54, 1.807) is 12.0 Å². The van der Waals surface area contributed by atoms with Gasteiger partial charge in [0.15, 0.2) is 11.5 Å². The van der Waals surface area contributed by atoms with Crippen LogP contribution in [-0.4, -0.2) is 43.6 Å². The second kappa shape index (κ2) is 14.0. The summed E-state index contributed by atoms with van der Waals surface area (Å²) in [6.07, 6.45) is 1.97. The van der Waals surface area contributed by atoms with E-state index in [4.69, 9.17) is 9.47 Å². The van der Waals surface area contributed by atoms with Crippen molar-refractivity contribution in [1.82, 2.24) is 15.5 Å². The lowest BCUT2D eigenvalue weighted by atomic mass is 10.1. The normalized spacial score (nSPS) is 10.6. The monoisotopic (exact) mass is 455 g/mol. The van der Waals surface area contributed by atoms with Crippen LogP contribution >= 0.6 is 0 Å². The van der Waals surface area contributed by atoms with Crippen molar-refractivity contribution in [3.63, 3.8) is 0 Å². The Balaban J connectivity index is 1.99. The van der Waals surface area contributed by atoms with Gasteiger partial charge < -0.3 is 25.0 Å². The molecule has 2 aromatic rings. The molecule has 0 saturated heterocycles. The van der Waals surface area contributed by atoms with Crippen molar-refractivity contribution in [3.8, 4) is 11.5 Å². The highest BCUT2D eigenvalue weighted by Gasteiger charge is 2.18. The number of unbranched alkanes of at least 4 members (excludes halogenated alkanes) is 1. The summed E-state index contributed by atoms with van der Waals surface area (Å²) >= 11 is 0. The SMILES string of the molecule is CCCCNC(=O)NCCN(Cc1ccc(OCc2ccccc2)c(OC)c1)C(=O)C(C)C. The van der Waals surface area contributed by atoms with E-state index in [0.29, 0.717) is 44.3 Å². The first-order valence-corrected chi connectivity index (χ1v) is 11.6. The van der Waals surface area contributed by atoms with E-state index in [0.717, 1.165) is 24.0 Å². The molecule has 0 spiro atoms. The maximum Gasteiger partial charge on any atom is 0.314 e. The summed E-state index contributed by atoms with van der Waals surface area (Å²) in [6, 6.07) is 15.4. The summed E-state index contributed by atoms with van der Waals surface area (Å²) in [5.74, 6) is 1.16. The Hall–Kier alpha value is -3.22. The van der Waals surface area contributed by atoms with Crippen molar-refractivity contribution in [2.24, 2.45) is 5.92 Å². The van der Waals surface area contributed by atoms with Crippen LogP contribution in [0.4, 0.5) is 4.79 Å². The minimum atomic E-state index is -0.206. The number of hydrogen-bond donors (Lipinski definition) is 2. The molecule has 0 aliphatic carbocycles. The molecule has 0 saturated carbocycles. The molecule has 0 aliphatic rings. The molecule has 0 atom stereocenters. The third-order valence-corrected chi connectivity index (χ3v) is 5.13. The van der Waals surface area contributed by atoms with Gasteiger partial charge in [0.2, 0.25) is 5.91 Å². The van der Waals surface area contributed by atoms with Crippen molar-refractivity contribution < 1.29 is 19.1 Å². The Kier molecular flexibility index (Phi) is 11.1. The van der Waals surface area contributed by atoms with Gasteiger partial charge >= 0.3 is 6.03 Å². The fourth-order valence-electron chi connectivity index (χ4n) is 3.26. The first-order chi connectivity index (χ1) is 15.9. The molecule has 0 bridgehead atoms. The molecule has 2 aromatic carbocycles. The topological polar surface area (TPSA) is 79.9 Å². The molecule has 7 nitrogen and oxygen atoms in total. The van der Waals surface area contributed by atoms with E-state index in [2.05, 4.69) is 17.6 Å². The van der Waals surface area contributed by atoms with Gasteiger partial charge in [-0.25, -0.2) is 4.79 Å². The van der Waals surface area contributed by atoms with Crippen molar-refractivity contribution in [2.75, 3.05) is 26.7 Å². The highest BCUT2D eigenvalue weighted by molar-refractivity contribution is 5.78. The largest absolute Gasteiger partial charge is 0.493 e. The summed E-state index contributed by atoms with van der Waals surface area (Å²) < 4.78 is 11.5. The van der Waals surface area contributed by atoms with Gasteiger partial charge in [-0.2, -0.15) is 0 Å². The quantitative estimate of drug-likeness (QED) is 0.440. The van der Waals surface area contributed by atoms with Crippen LogP contribution in [0.1, 0.15) is 44.7 Å². The number of amides is 3. The van der Waals surface area contributed by atoms with Crippen LogP contribution < -0.4 is 20.1 Å². The Morgan fingerprint density at radius 3 is 2.36 bits per heavy atom. The van der Waals surface area contributed by atoms with Gasteiger partial charge in [-0.1, -0.05) is 63.6 Å². The standard InChI is InChI=1S/C26H37N3O4/c1-5-6-14-27-26(31)28-15-16-29(25(30)20(2)3)18-22-12-13-23(24(17-22)32-4)33-19-21-10-8-7-9-11-21/h7-13,17,20H,5-6,14-16,18-19H2,1-4H3,(H2,27,28,31). The fourth-order valence-corrected chi connectivity index (χ4v) is 3.26. The maximum atomic E-state index is 12.8. The summed E-state index contributed by atoms with van der Waals surface area (Å²) in [5.41, 5.74) is 2.00. The molecule has 180 valence electrons. The summed E-state index contributed by atoms with van der Waals surface area (Å²) in [5, 5.41) is 5.65. The van der Waals surface area contributed by atoms with Gasteiger partial charge in [-0.3, -0.25) is 4.79 Å². The van der Waals surface area contributed by atoms with Gasteiger partial charge in [0.05, 0.1) is 7.11 Å². The van der Waals surface area contributed by atoms with Crippen molar-refractivity contribution in [2.45, 2.75) is 46.8 Å². The Bertz CT molecular complexity index is 871. The van der Waals surface area contributed by atoms with Crippen molar-refractivity contribution in [1.29, 1.82) is 0 Å². The molecular weight excluding hydrogens is 418 g/mol. The number of hydrogen-bond acceptors (Lipinski definition) is 4. The first kappa shape index (κ1) is 26.0. The van der Waals surface area contributed by atoms with Gasteiger partial charge in [-0.05, 0) is 29.7 Å². The highest BCUT2D eigenvalue weighted by atomic mass is 16.5. The molecule has 33 heavy (non-hydrogen) atoms. The first-order valence-electron chi connectivity index (χ1n) is 11.6. The summed E-state index contributed by atoms with van der Waals surface area (Å²) in [7, 11) is 1.60. The van der Waals surface area contributed by atoms with E-state index >= 15 is 0 Å². The number of benzene rings is 2. The Morgan fingerprint density at radius 1 is 0.970 bits per heavy atom. The van der Waals surface area contributed by atoms with Crippen LogP contribution in [-0.2, 0) is 17.9 Å². The lowest BCUT2D eigenvalue weighted by Gasteiger charge is -2.25. The van der Waals surface area contributed by atoms with E-state index in [9.17, 15) is 9.59 Å². The second-order valence-electron chi connectivity index (χ2n) is 8.21. The molecule has 0 radical (unpaired) electrons. The average Bonchev–Trinajstić information content (AvgIpc) is 2.82. The molecular formula is C26H37N3O4. The molecule has 0 unspecified atom stereocenters. The minimum absolute atomic E-state index is 0.0339. The molecule has 2 rings (SSSR count). The second-order valence-corrected chi connectivity index (χ2v) is 8.21. The highest BCUT2D eigenvalue weighted by Crippen LogP contribution is 2.29. The van der Waals surface area contributed by atoms with Crippen LogP contribution in [0, 0.1) is 5.92 Å². The van der Waals surface area contributed by atoms with Gasteiger partial charge in [0.1, 0.15) is 6.61 Å². The molecule has 0 fully saturated rings. The lowest BCUT2D eigenvalue weighted by molar-refractivity contribution is -0.135. The van der Waals surface area contributed by atoms with Crippen LogP contribution in [0.3, 0.4) is 0 Å². The summed E-state index contributed by atoms with van der Waals surface area (Å²) in [6.45, 7) is 8.15. The number of carbonyl (C=O) groups excluding carboxylic acids is 2. The smallest absolute Gasteiger partial charge is 0.314 e. The van der Waals surface area contributed by atoms with Crippen LogP contribution in [0.25, 0.3) is 0 Å². The number of nitrogens with one attached hydrogen (secondary N) is 2. The molecule has 3 amide bonds. The summed E-state index contributed by atoms with van der Waals surface area (Å²) in [4.78, 5) is 26.4. The molecule has 0 aromatic heterocycles. The lowest BCUT2D eigenvalue weighted by Crippen LogP contribution is -2.43. The molecule has 0 heterocycles. The third kappa shape index (κ3) is 9.04. The number of methoxy groups -OCH3 is 1.